The van der Waals surface area contributed by atoms with E-state index in [0.717, 1.165) is 76.9 Å². The first-order valence-electron chi connectivity index (χ1n) is 14.0. The van der Waals surface area contributed by atoms with Crippen LogP contribution in [-0.4, -0.2) is 43.8 Å². The minimum Gasteiger partial charge on any atom is -0.356 e. The van der Waals surface area contributed by atoms with Gasteiger partial charge in [-0.05, 0) is 43.0 Å². The molecule has 9 heteroatoms. The number of ketones is 1. The molecule has 1 fully saturated rings. The van der Waals surface area contributed by atoms with Crippen LogP contribution in [0.15, 0.2) is 48.9 Å². The highest BCUT2D eigenvalue weighted by Gasteiger charge is 2.36. The van der Waals surface area contributed by atoms with Gasteiger partial charge in [-0.1, -0.05) is 44.2 Å². The number of fused-ring (bicyclic) bond motifs is 1. The third-order valence-electron chi connectivity index (χ3n) is 8.42. The van der Waals surface area contributed by atoms with Gasteiger partial charge in [0.25, 0.3) is 6.43 Å². The van der Waals surface area contributed by atoms with Gasteiger partial charge in [-0.25, -0.2) is 23.7 Å². The summed E-state index contributed by atoms with van der Waals surface area (Å²) in [6.07, 6.45) is 5.99. The van der Waals surface area contributed by atoms with E-state index in [1.807, 2.05) is 19.9 Å². The smallest absolute Gasteiger partial charge is 0.263 e. The molecule has 0 bridgehead atoms. The first-order chi connectivity index (χ1) is 19.8. The summed E-state index contributed by atoms with van der Waals surface area (Å²) in [6, 6.07) is 10.1. The zero-order valence-corrected chi connectivity index (χ0v) is 23.4. The molecule has 0 spiro atoms. The number of nitrogens with one attached hydrogen (secondary N) is 1. The molecule has 1 saturated heterocycles. The lowest BCUT2D eigenvalue weighted by atomic mass is 9.79. The molecule has 1 N–H and O–H groups in total. The number of alkyl halides is 2. The maximum absolute atomic E-state index is 13.0. The third kappa shape index (κ3) is 5.05. The van der Waals surface area contributed by atoms with E-state index in [0.29, 0.717) is 18.5 Å². The number of aryl methyl sites for hydroxylation is 1. The fourth-order valence-electron chi connectivity index (χ4n) is 5.75. The number of nitrogens with zero attached hydrogens (tertiary/aromatic N) is 5. The first-order valence-corrected chi connectivity index (χ1v) is 14.0. The molecule has 210 valence electrons. The van der Waals surface area contributed by atoms with Crippen LogP contribution in [-0.2, 0) is 11.8 Å². The summed E-state index contributed by atoms with van der Waals surface area (Å²) in [5.74, 6) is 1.90. The summed E-state index contributed by atoms with van der Waals surface area (Å²) in [6.45, 7) is 7.68. The zero-order chi connectivity index (χ0) is 28.7. The molecule has 0 radical (unpaired) electrons. The zero-order valence-electron chi connectivity index (χ0n) is 23.4. The van der Waals surface area contributed by atoms with Crippen LogP contribution in [0.4, 0.5) is 14.6 Å². The van der Waals surface area contributed by atoms with Gasteiger partial charge in [-0.3, -0.25) is 9.78 Å². The van der Waals surface area contributed by atoms with Crippen molar-refractivity contribution >= 4 is 23.3 Å². The molecule has 41 heavy (non-hydrogen) atoms. The molecule has 4 aromatic rings. The highest BCUT2D eigenvalue weighted by molar-refractivity contribution is 5.95. The number of carbonyl (C=O) groups excluding carboxylic acids is 1. The van der Waals surface area contributed by atoms with Gasteiger partial charge in [0, 0.05) is 59.9 Å². The number of carbonyl (C=O) groups is 1. The Morgan fingerprint density at radius 2 is 1.78 bits per heavy atom. The Balaban J connectivity index is 1.19. The molecular formula is C32H32F2N6O. The number of rotatable bonds is 7. The minimum atomic E-state index is -2.48. The van der Waals surface area contributed by atoms with Crippen molar-refractivity contribution in [1.29, 1.82) is 0 Å². The Kier molecular flexibility index (Phi) is 6.97. The number of aromatic amines is 1. The van der Waals surface area contributed by atoms with Gasteiger partial charge in [0.15, 0.2) is 5.78 Å². The lowest BCUT2D eigenvalue weighted by Crippen LogP contribution is -2.42. The van der Waals surface area contributed by atoms with Gasteiger partial charge in [-0.15, -0.1) is 0 Å². The molecule has 1 aliphatic heterocycles. The standard InChI is InChI=1S/C32H32F2N6O/c1-4-27(41)25-10-9-22(17-35-25)23-15-24-26(16-23)36-18-37-30(24)40-13-11-32(3,12-14-40)31-38-19(2)28(39-31)20-5-7-21(8-6-20)29(33)34/h5-10,15,17-18,29H,4,11-14,16H2,1-3H3,(H,38,39). The lowest BCUT2D eigenvalue weighted by molar-refractivity contribution is 0.0983. The van der Waals surface area contributed by atoms with Crippen LogP contribution in [0.1, 0.15) is 83.9 Å². The number of pyridine rings is 1. The van der Waals surface area contributed by atoms with E-state index < -0.39 is 6.43 Å². The van der Waals surface area contributed by atoms with Gasteiger partial charge in [0.1, 0.15) is 23.7 Å². The molecule has 4 heterocycles. The van der Waals surface area contributed by atoms with E-state index in [2.05, 4.69) is 37.8 Å². The summed E-state index contributed by atoms with van der Waals surface area (Å²) in [5.41, 5.74) is 7.07. The molecule has 0 saturated carbocycles. The Hall–Kier alpha value is -4.27. The second kappa shape index (κ2) is 10.6. The normalized spacial score (nSPS) is 16.1. The Bertz CT molecular complexity index is 1620. The molecule has 0 unspecified atom stereocenters. The summed E-state index contributed by atoms with van der Waals surface area (Å²) in [4.78, 5) is 36.3. The van der Waals surface area contributed by atoms with Crippen molar-refractivity contribution < 1.29 is 13.6 Å². The fraction of sp³-hybridized carbons (Fsp3) is 0.344. The van der Waals surface area contributed by atoms with Crippen molar-refractivity contribution in [3.05, 3.63) is 88.5 Å². The number of benzene rings is 1. The second-order valence-corrected chi connectivity index (χ2v) is 11.1. The number of anilines is 1. The number of Topliss-reactive ketones (excluding diaryl/α,β-unsaturated/α-hetero) is 1. The number of allylic oxidation sites excluding steroid dienone is 1. The van der Waals surface area contributed by atoms with E-state index in [4.69, 9.17) is 4.98 Å². The van der Waals surface area contributed by atoms with Crippen molar-refractivity contribution in [2.75, 3.05) is 18.0 Å². The summed E-state index contributed by atoms with van der Waals surface area (Å²) in [5, 5.41) is 0. The number of hydrogen-bond acceptors (Lipinski definition) is 6. The molecule has 7 nitrogen and oxygen atoms in total. The SMILES string of the molecule is CCC(=O)c1ccc(C2=Cc3c(ncnc3N3CCC(C)(c4nc(-c5ccc(C(F)F)cc5)c(C)[nH]4)CC3)C2)cn1. The predicted molar refractivity (Wildman–Crippen MR) is 155 cm³/mol. The van der Waals surface area contributed by atoms with E-state index in [1.165, 1.54) is 12.1 Å². The van der Waals surface area contributed by atoms with E-state index in [-0.39, 0.29) is 16.8 Å². The molecular weight excluding hydrogens is 522 g/mol. The molecule has 0 atom stereocenters. The van der Waals surface area contributed by atoms with Gasteiger partial charge in [0.05, 0.1) is 11.4 Å². The van der Waals surface area contributed by atoms with Gasteiger partial charge in [-0.2, -0.15) is 0 Å². The average molecular weight is 555 g/mol. The van der Waals surface area contributed by atoms with Crippen LogP contribution in [0, 0.1) is 6.92 Å². The summed E-state index contributed by atoms with van der Waals surface area (Å²) < 4.78 is 26.0. The Morgan fingerprint density at radius 1 is 1.05 bits per heavy atom. The number of aromatic nitrogens is 5. The topological polar surface area (TPSA) is 87.7 Å². The van der Waals surface area contributed by atoms with Crippen LogP contribution >= 0.6 is 0 Å². The quantitative estimate of drug-likeness (QED) is 0.254. The number of H-pyrrole nitrogens is 1. The largest absolute Gasteiger partial charge is 0.356 e. The minimum absolute atomic E-state index is 0.0118. The van der Waals surface area contributed by atoms with E-state index in [1.54, 1.807) is 30.7 Å². The highest BCUT2D eigenvalue weighted by Crippen LogP contribution is 2.40. The number of piperidine rings is 1. The Labute approximate surface area is 237 Å². The van der Waals surface area contributed by atoms with E-state index in [9.17, 15) is 13.6 Å². The van der Waals surface area contributed by atoms with Gasteiger partial charge >= 0.3 is 0 Å². The van der Waals surface area contributed by atoms with Crippen molar-refractivity contribution in [2.45, 2.75) is 58.3 Å². The van der Waals surface area contributed by atoms with Crippen LogP contribution in [0.5, 0.6) is 0 Å². The molecule has 3 aromatic heterocycles. The number of hydrogen-bond donors (Lipinski definition) is 1. The molecule has 1 aromatic carbocycles. The third-order valence-corrected chi connectivity index (χ3v) is 8.42. The number of halogens is 2. The fourth-order valence-corrected chi connectivity index (χ4v) is 5.75. The molecule has 6 rings (SSSR count). The lowest BCUT2D eigenvalue weighted by Gasteiger charge is -2.39. The van der Waals surface area contributed by atoms with Crippen LogP contribution in [0.2, 0.25) is 0 Å². The number of imidazole rings is 1. The highest BCUT2D eigenvalue weighted by atomic mass is 19.3. The van der Waals surface area contributed by atoms with Crippen molar-refractivity contribution in [2.24, 2.45) is 0 Å². The maximum Gasteiger partial charge on any atom is 0.263 e. The Morgan fingerprint density at radius 3 is 2.44 bits per heavy atom. The van der Waals surface area contributed by atoms with Crippen LogP contribution in [0.3, 0.4) is 0 Å². The van der Waals surface area contributed by atoms with Gasteiger partial charge in [0.2, 0.25) is 0 Å². The first kappa shape index (κ1) is 26.9. The predicted octanol–water partition coefficient (Wildman–Crippen LogP) is 6.76. The monoisotopic (exact) mass is 554 g/mol. The maximum atomic E-state index is 13.0. The van der Waals surface area contributed by atoms with Crippen molar-refractivity contribution in [1.82, 2.24) is 24.9 Å². The molecule has 1 aliphatic carbocycles. The van der Waals surface area contributed by atoms with E-state index >= 15 is 0 Å². The van der Waals surface area contributed by atoms with Crippen molar-refractivity contribution in [3.63, 3.8) is 0 Å². The summed E-state index contributed by atoms with van der Waals surface area (Å²) >= 11 is 0. The summed E-state index contributed by atoms with van der Waals surface area (Å²) in [7, 11) is 0. The van der Waals surface area contributed by atoms with Crippen LogP contribution in [0.25, 0.3) is 22.9 Å². The molecule has 0 amide bonds. The van der Waals surface area contributed by atoms with Gasteiger partial charge < -0.3 is 9.88 Å². The van der Waals surface area contributed by atoms with Crippen molar-refractivity contribution in [3.8, 4) is 11.3 Å². The van der Waals surface area contributed by atoms with Crippen LogP contribution < -0.4 is 4.90 Å². The second-order valence-electron chi connectivity index (χ2n) is 11.1. The molecule has 2 aliphatic rings. The average Bonchev–Trinajstić information content (AvgIpc) is 3.61.